The number of nitrogens with two attached hydrogens (primary N) is 2. The van der Waals surface area contributed by atoms with E-state index in [2.05, 4.69) is 4.74 Å². The second kappa shape index (κ2) is 8.78. The van der Waals surface area contributed by atoms with Crippen LogP contribution in [0, 0.1) is 5.82 Å². The topological polar surface area (TPSA) is 172 Å². The number of ether oxygens (including phenoxy) is 2. The molecule has 0 bridgehead atoms. The molecule has 3 rings (SSSR count). The maximum atomic E-state index is 13.4. The summed E-state index contributed by atoms with van der Waals surface area (Å²) in [6.07, 6.45) is -0.436. The number of anilines is 1. The molecule has 33 heavy (non-hydrogen) atoms. The lowest BCUT2D eigenvalue weighted by atomic mass is 10.0. The van der Waals surface area contributed by atoms with Crippen molar-refractivity contribution in [1.82, 2.24) is 0 Å². The van der Waals surface area contributed by atoms with Crippen LogP contribution in [0.15, 0.2) is 40.8 Å². The molecule has 0 unspecified atom stereocenters. The van der Waals surface area contributed by atoms with Crippen molar-refractivity contribution in [3.63, 3.8) is 0 Å². The van der Waals surface area contributed by atoms with Gasteiger partial charge in [-0.05, 0) is 30.3 Å². The lowest BCUT2D eigenvalue weighted by Gasteiger charge is -2.20. The lowest BCUT2D eigenvalue weighted by Crippen LogP contribution is -2.26. The van der Waals surface area contributed by atoms with Gasteiger partial charge in [0.1, 0.15) is 28.5 Å². The summed E-state index contributed by atoms with van der Waals surface area (Å²) < 4.78 is 54.1. The minimum Gasteiger partial charge on any atom is -0.482 e. The molecule has 11 nitrogen and oxygen atoms in total. The maximum absolute atomic E-state index is 13.4. The Hall–Kier alpha value is -4.13. The van der Waals surface area contributed by atoms with E-state index in [1.165, 1.54) is 31.3 Å². The molecule has 0 saturated heterocycles. The molecule has 4 N–H and O–H groups in total. The zero-order chi connectivity index (χ0) is 24.5. The molecule has 0 aliphatic rings. The van der Waals surface area contributed by atoms with Crippen molar-refractivity contribution in [3.8, 4) is 17.1 Å². The number of halogens is 1. The SMILES string of the molecule is CN(c1cc2oc(-c3ccc(F)cc3)c(C(=O)OC(N)=O)c2cc1OCC(N)=O)S(C)(=O)=O. The van der Waals surface area contributed by atoms with Gasteiger partial charge in [0, 0.05) is 24.1 Å². The minimum absolute atomic E-state index is 0.00247. The highest BCUT2D eigenvalue weighted by Crippen LogP contribution is 2.41. The van der Waals surface area contributed by atoms with E-state index in [1.807, 2.05) is 0 Å². The Balaban J connectivity index is 2.33. The summed E-state index contributed by atoms with van der Waals surface area (Å²) in [6, 6.07) is 7.36. The summed E-state index contributed by atoms with van der Waals surface area (Å²) >= 11 is 0. The van der Waals surface area contributed by atoms with Crippen LogP contribution >= 0.6 is 0 Å². The van der Waals surface area contributed by atoms with Crippen molar-refractivity contribution in [3.05, 3.63) is 47.8 Å². The molecule has 0 aliphatic heterocycles. The number of sulfonamides is 1. The third kappa shape index (κ3) is 5.03. The third-order valence-electron chi connectivity index (χ3n) is 4.48. The van der Waals surface area contributed by atoms with Crippen molar-refractivity contribution in [2.24, 2.45) is 11.5 Å². The Morgan fingerprint density at radius 3 is 2.30 bits per heavy atom. The summed E-state index contributed by atoms with van der Waals surface area (Å²) in [5, 5.41) is 0.0469. The fraction of sp³-hybridized carbons (Fsp3) is 0.150. The second-order valence-electron chi connectivity index (χ2n) is 6.82. The van der Waals surface area contributed by atoms with Crippen molar-refractivity contribution >= 4 is 44.6 Å². The van der Waals surface area contributed by atoms with Crippen molar-refractivity contribution < 1.29 is 41.1 Å². The zero-order valence-electron chi connectivity index (χ0n) is 17.3. The molecule has 1 aromatic heterocycles. The average molecular weight is 479 g/mol. The standard InChI is InChI=1S/C20H18FN3O8S/c1-24(33(2,28)29)13-8-14-12(7-15(13)30-9-16(22)25)17(19(26)32-20(23)27)18(31-14)10-3-5-11(21)6-4-10/h3-8H,9H2,1-2H3,(H2,22,25)(H2,23,27). The number of carbonyl (C=O) groups is 3. The lowest BCUT2D eigenvalue weighted by molar-refractivity contribution is -0.119. The molecule has 0 saturated carbocycles. The van der Waals surface area contributed by atoms with Gasteiger partial charge in [-0.3, -0.25) is 9.10 Å². The second-order valence-corrected chi connectivity index (χ2v) is 8.84. The molecular weight excluding hydrogens is 461 g/mol. The Bertz CT molecular complexity index is 1370. The van der Waals surface area contributed by atoms with Crippen LogP contribution in [0.5, 0.6) is 5.75 Å². The van der Waals surface area contributed by atoms with E-state index in [1.54, 1.807) is 0 Å². The van der Waals surface area contributed by atoms with E-state index < -0.39 is 40.4 Å². The van der Waals surface area contributed by atoms with Gasteiger partial charge in [-0.15, -0.1) is 0 Å². The summed E-state index contributed by atoms with van der Waals surface area (Å²) in [5.74, 6) is -2.79. The van der Waals surface area contributed by atoms with Gasteiger partial charge < -0.3 is 25.4 Å². The number of fused-ring (bicyclic) bond motifs is 1. The molecule has 2 amide bonds. The molecule has 0 aliphatic carbocycles. The zero-order valence-corrected chi connectivity index (χ0v) is 18.1. The predicted octanol–water partition coefficient (Wildman–Crippen LogP) is 1.73. The third-order valence-corrected chi connectivity index (χ3v) is 5.67. The molecular formula is C20H18FN3O8S. The van der Waals surface area contributed by atoms with Gasteiger partial charge in [-0.2, -0.15) is 0 Å². The number of hydrogen-bond acceptors (Lipinski definition) is 8. The van der Waals surface area contributed by atoms with Gasteiger partial charge in [0.25, 0.3) is 5.91 Å². The van der Waals surface area contributed by atoms with Gasteiger partial charge in [0.05, 0.1) is 11.9 Å². The van der Waals surface area contributed by atoms with Gasteiger partial charge in [0.15, 0.2) is 6.61 Å². The first-order valence-corrected chi connectivity index (χ1v) is 11.0. The number of primary amides is 2. The summed E-state index contributed by atoms with van der Waals surface area (Å²) in [7, 11) is -2.54. The molecule has 174 valence electrons. The monoisotopic (exact) mass is 479 g/mol. The molecule has 0 spiro atoms. The number of hydrogen-bond donors (Lipinski definition) is 2. The van der Waals surface area contributed by atoms with E-state index in [-0.39, 0.29) is 39.3 Å². The van der Waals surface area contributed by atoms with Crippen LogP contribution in [0.25, 0.3) is 22.3 Å². The molecule has 3 aromatic rings. The number of rotatable bonds is 7. The van der Waals surface area contributed by atoms with E-state index in [9.17, 15) is 27.2 Å². The molecule has 0 fully saturated rings. The highest BCUT2D eigenvalue weighted by Gasteiger charge is 2.28. The van der Waals surface area contributed by atoms with Crippen LogP contribution in [-0.2, 0) is 19.6 Å². The van der Waals surface area contributed by atoms with Crippen molar-refractivity contribution in [2.45, 2.75) is 0 Å². The fourth-order valence-electron chi connectivity index (χ4n) is 2.95. The molecule has 0 radical (unpaired) electrons. The minimum atomic E-state index is -3.78. The first-order chi connectivity index (χ1) is 15.4. The number of furan rings is 1. The smallest absolute Gasteiger partial charge is 0.412 e. The van der Waals surface area contributed by atoms with Crippen molar-refractivity contribution in [1.29, 1.82) is 0 Å². The highest BCUT2D eigenvalue weighted by molar-refractivity contribution is 7.92. The summed E-state index contributed by atoms with van der Waals surface area (Å²) in [5.41, 5.74) is 10.1. The molecule has 1 heterocycles. The molecule has 13 heteroatoms. The van der Waals surface area contributed by atoms with Crippen LogP contribution < -0.4 is 20.5 Å². The number of amides is 2. The van der Waals surface area contributed by atoms with Gasteiger partial charge in [-0.1, -0.05) is 0 Å². The van der Waals surface area contributed by atoms with Crippen LogP contribution in [-0.4, -0.2) is 46.3 Å². The van der Waals surface area contributed by atoms with E-state index in [0.29, 0.717) is 0 Å². The number of benzene rings is 2. The first kappa shape index (κ1) is 23.5. The van der Waals surface area contributed by atoms with E-state index in [4.69, 9.17) is 20.6 Å². The van der Waals surface area contributed by atoms with E-state index >= 15 is 0 Å². The van der Waals surface area contributed by atoms with Crippen molar-refractivity contribution in [2.75, 3.05) is 24.2 Å². The Morgan fingerprint density at radius 2 is 1.76 bits per heavy atom. The van der Waals surface area contributed by atoms with Crippen LogP contribution in [0.2, 0.25) is 0 Å². The number of carbonyl (C=O) groups excluding carboxylic acids is 3. The van der Waals surface area contributed by atoms with Crippen LogP contribution in [0.1, 0.15) is 10.4 Å². The summed E-state index contributed by atoms with van der Waals surface area (Å²) in [6.45, 7) is -0.597. The Kier molecular flexibility index (Phi) is 6.26. The van der Waals surface area contributed by atoms with Gasteiger partial charge >= 0.3 is 12.1 Å². The van der Waals surface area contributed by atoms with Gasteiger partial charge in [0.2, 0.25) is 10.0 Å². The molecule has 0 atom stereocenters. The Labute approximate surface area is 186 Å². The maximum Gasteiger partial charge on any atom is 0.412 e. The molecule has 2 aromatic carbocycles. The largest absolute Gasteiger partial charge is 0.482 e. The van der Waals surface area contributed by atoms with Gasteiger partial charge in [-0.25, -0.2) is 22.4 Å². The number of esters is 1. The number of nitrogens with zero attached hydrogens (tertiary/aromatic N) is 1. The first-order valence-electron chi connectivity index (χ1n) is 9.11. The predicted molar refractivity (Wildman–Crippen MR) is 115 cm³/mol. The van der Waals surface area contributed by atoms with E-state index in [0.717, 1.165) is 22.7 Å². The fourth-order valence-corrected chi connectivity index (χ4v) is 3.45. The highest BCUT2D eigenvalue weighted by atomic mass is 32.2. The average Bonchev–Trinajstić information content (AvgIpc) is 3.08. The van der Waals surface area contributed by atoms with Crippen LogP contribution in [0.3, 0.4) is 0 Å². The normalized spacial score (nSPS) is 11.2. The Morgan fingerprint density at radius 1 is 1.12 bits per heavy atom. The van der Waals surface area contributed by atoms with Crippen LogP contribution in [0.4, 0.5) is 14.9 Å². The summed E-state index contributed by atoms with van der Waals surface area (Å²) in [4.78, 5) is 35.1. The quantitative estimate of drug-likeness (QED) is 0.381.